The molecule has 0 aliphatic rings. The average Bonchev–Trinajstić information content (AvgIpc) is 2.37. The number of methoxy groups -OCH3 is 2. The van der Waals surface area contributed by atoms with Crippen LogP contribution in [-0.2, 0) is 4.74 Å². The zero-order chi connectivity index (χ0) is 15.5. The third-order valence-corrected chi connectivity index (χ3v) is 3.19. The van der Waals surface area contributed by atoms with Gasteiger partial charge in [-0.2, -0.15) is 17.6 Å². The molecule has 0 aliphatic carbocycles. The molecule has 1 aromatic rings. The Balaban J connectivity index is 3.19. The van der Waals surface area contributed by atoms with Gasteiger partial charge >= 0.3 is 6.18 Å². The van der Waals surface area contributed by atoms with Gasteiger partial charge in [0.05, 0.1) is 19.6 Å². The molecule has 2 unspecified atom stereocenters. The molecule has 0 saturated heterocycles. The topological polar surface area (TPSA) is 38.7 Å². The van der Waals surface area contributed by atoms with E-state index in [1.54, 1.807) is 0 Å². The maximum absolute atomic E-state index is 13.7. The molecular formula is C13H16F4O3. The minimum Gasteiger partial charge on any atom is -0.505 e. The van der Waals surface area contributed by atoms with Crippen LogP contribution in [0.4, 0.5) is 17.6 Å². The molecule has 0 fully saturated rings. The van der Waals surface area contributed by atoms with E-state index in [1.807, 2.05) is 0 Å². The second kappa shape index (κ2) is 6.30. The third-order valence-electron chi connectivity index (χ3n) is 3.19. The van der Waals surface area contributed by atoms with Crippen LogP contribution < -0.4 is 4.74 Å². The Labute approximate surface area is 114 Å². The lowest BCUT2D eigenvalue weighted by atomic mass is 9.86. The van der Waals surface area contributed by atoms with Crippen LogP contribution in [0, 0.1) is 11.7 Å². The van der Waals surface area contributed by atoms with Crippen molar-refractivity contribution in [1.82, 2.24) is 0 Å². The summed E-state index contributed by atoms with van der Waals surface area (Å²) in [6, 6.07) is 2.40. The van der Waals surface area contributed by atoms with Crippen LogP contribution in [0.25, 0.3) is 0 Å². The smallest absolute Gasteiger partial charge is 0.394 e. The fraction of sp³-hybridized carbons (Fsp3) is 0.538. The maximum atomic E-state index is 13.7. The van der Waals surface area contributed by atoms with E-state index in [0.717, 1.165) is 7.11 Å². The molecule has 0 aliphatic heterocycles. The second-order valence-electron chi connectivity index (χ2n) is 4.41. The van der Waals surface area contributed by atoms with Crippen molar-refractivity contribution in [2.45, 2.75) is 19.0 Å². The van der Waals surface area contributed by atoms with Gasteiger partial charge < -0.3 is 14.6 Å². The lowest BCUT2D eigenvalue weighted by Gasteiger charge is -2.26. The zero-order valence-electron chi connectivity index (χ0n) is 11.3. The summed E-state index contributed by atoms with van der Waals surface area (Å²) < 4.78 is 61.7. The molecular weight excluding hydrogens is 280 g/mol. The first-order valence-electron chi connectivity index (χ1n) is 5.85. The molecule has 1 aromatic carbocycles. The van der Waals surface area contributed by atoms with Crippen molar-refractivity contribution in [2.75, 3.05) is 20.8 Å². The summed E-state index contributed by atoms with van der Waals surface area (Å²) in [7, 11) is 2.35. The van der Waals surface area contributed by atoms with Crippen molar-refractivity contribution in [3.8, 4) is 11.5 Å². The Morgan fingerprint density at radius 2 is 1.85 bits per heavy atom. The van der Waals surface area contributed by atoms with E-state index in [9.17, 15) is 22.7 Å². The van der Waals surface area contributed by atoms with E-state index in [-0.39, 0.29) is 11.3 Å². The van der Waals surface area contributed by atoms with Crippen molar-refractivity contribution in [3.63, 3.8) is 0 Å². The van der Waals surface area contributed by atoms with Crippen LogP contribution in [0.15, 0.2) is 12.1 Å². The molecule has 20 heavy (non-hydrogen) atoms. The van der Waals surface area contributed by atoms with E-state index < -0.39 is 36.2 Å². The van der Waals surface area contributed by atoms with Gasteiger partial charge in [0.2, 0.25) is 5.82 Å². The number of ether oxygens (including phenoxy) is 2. The number of halogens is 4. The summed E-state index contributed by atoms with van der Waals surface area (Å²) in [4.78, 5) is 0. The zero-order valence-corrected chi connectivity index (χ0v) is 11.3. The first-order valence-corrected chi connectivity index (χ1v) is 5.85. The molecule has 1 N–H and O–H groups in total. The van der Waals surface area contributed by atoms with Crippen LogP contribution in [0.3, 0.4) is 0 Å². The molecule has 0 radical (unpaired) electrons. The maximum Gasteiger partial charge on any atom is 0.394 e. The number of rotatable bonds is 5. The monoisotopic (exact) mass is 296 g/mol. The molecule has 1 rings (SSSR count). The van der Waals surface area contributed by atoms with E-state index in [1.165, 1.54) is 26.2 Å². The van der Waals surface area contributed by atoms with Crippen molar-refractivity contribution < 1.29 is 32.1 Å². The summed E-state index contributed by atoms with van der Waals surface area (Å²) in [5.41, 5.74) is -0.136. The highest BCUT2D eigenvalue weighted by Gasteiger charge is 2.44. The van der Waals surface area contributed by atoms with Crippen molar-refractivity contribution in [2.24, 2.45) is 5.92 Å². The first kappa shape index (κ1) is 16.6. The highest BCUT2D eigenvalue weighted by atomic mass is 19.4. The van der Waals surface area contributed by atoms with Gasteiger partial charge in [0.1, 0.15) is 0 Å². The minimum absolute atomic E-state index is 0.136. The third kappa shape index (κ3) is 3.33. The van der Waals surface area contributed by atoms with Crippen molar-refractivity contribution in [3.05, 3.63) is 23.5 Å². The Bertz CT molecular complexity index is 460. The van der Waals surface area contributed by atoms with Crippen LogP contribution in [0.5, 0.6) is 11.5 Å². The quantitative estimate of drug-likeness (QED) is 0.846. The predicted octanol–water partition coefficient (Wildman–Crippen LogP) is 3.47. The molecule has 114 valence electrons. The standard InChI is InChI=1S/C13H16F4O3/c1-7(9(6-19-2)13(15,16)17)8-4-5-10(20-3)11(14)12(8)18/h4-5,7,9,18H,6H2,1-3H3. The van der Waals surface area contributed by atoms with Gasteiger partial charge in [-0.1, -0.05) is 13.0 Å². The van der Waals surface area contributed by atoms with Gasteiger partial charge in [-0.15, -0.1) is 0 Å². The number of hydrogen-bond acceptors (Lipinski definition) is 3. The van der Waals surface area contributed by atoms with E-state index >= 15 is 0 Å². The Morgan fingerprint density at radius 3 is 2.30 bits per heavy atom. The van der Waals surface area contributed by atoms with Crippen molar-refractivity contribution >= 4 is 0 Å². The van der Waals surface area contributed by atoms with Crippen LogP contribution >= 0.6 is 0 Å². The summed E-state index contributed by atoms with van der Waals surface area (Å²) >= 11 is 0. The number of hydrogen-bond donors (Lipinski definition) is 1. The van der Waals surface area contributed by atoms with Crippen molar-refractivity contribution in [1.29, 1.82) is 0 Å². The van der Waals surface area contributed by atoms with E-state index in [2.05, 4.69) is 9.47 Å². The largest absolute Gasteiger partial charge is 0.505 e. The Morgan fingerprint density at radius 1 is 1.25 bits per heavy atom. The number of benzene rings is 1. The Kier molecular flexibility index (Phi) is 5.21. The summed E-state index contributed by atoms with van der Waals surface area (Å²) in [6.07, 6.45) is -4.52. The fourth-order valence-electron chi connectivity index (χ4n) is 2.00. The lowest BCUT2D eigenvalue weighted by molar-refractivity contribution is -0.191. The van der Waals surface area contributed by atoms with Gasteiger partial charge in [0.15, 0.2) is 11.5 Å². The molecule has 2 atom stereocenters. The van der Waals surface area contributed by atoms with E-state index in [0.29, 0.717) is 0 Å². The molecule has 0 spiro atoms. The van der Waals surface area contributed by atoms with Gasteiger partial charge in [0.25, 0.3) is 0 Å². The summed E-state index contributed by atoms with van der Waals surface area (Å²) in [5, 5.41) is 9.70. The number of aromatic hydroxyl groups is 1. The lowest BCUT2D eigenvalue weighted by Crippen LogP contribution is -2.31. The molecule has 0 aromatic heterocycles. The fourth-order valence-corrected chi connectivity index (χ4v) is 2.00. The molecule has 0 heterocycles. The van der Waals surface area contributed by atoms with E-state index in [4.69, 9.17) is 0 Å². The van der Waals surface area contributed by atoms with Crippen LogP contribution in [0.1, 0.15) is 18.4 Å². The van der Waals surface area contributed by atoms with Gasteiger partial charge in [-0.3, -0.25) is 0 Å². The second-order valence-corrected chi connectivity index (χ2v) is 4.41. The molecule has 0 amide bonds. The highest BCUT2D eigenvalue weighted by Crippen LogP contribution is 2.42. The number of phenolic OH excluding ortho intramolecular Hbond substituents is 1. The van der Waals surface area contributed by atoms with Crippen LogP contribution in [0.2, 0.25) is 0 Å². The SMILES string of the molecule is COCC(C(C)c1ccc(OC)c(F)c1O)C(F)(F)F. The molecule has 7 heteroatoms. The summed E-state index contributed by atoms with van der Waals surface area (Å²) in [6.45, 7) is 0.690. The molecule has 0 bridgehead atoms. The minimum atomic E-state index is -4.52. The molecule has 3 nitrogen and oxygen atoms in total. The van der Waals surface area contributed by atoms with Crippen LogP contribution in [-0.4, -0.2) is 32.1 Å². The Hall–Kier alpha value is -1.50. The number of phenols is 1. The first-order chi connectivity index (χ1) is 9.23. The predicted molar refractivity (Wildman–Crippen MR) is 64.5 cm³/mol. The average molecular weight is 296 g/mol. The van der Waals surface area contributed by atoms with Gasteiger partial charge in [-0.25, -0.2) is 0 Å². The number of alkyl halides is 3. The summed E-state index contributed by atoms with van der Waals surface area (Å²) in [5.74, 6) is -5.13. The van der Waals surface area contributed by atoms with Gasteiger partial charge in [-0.05, 0) is 12.0 Å². The normalized spacial score (nSPS) is 14.9. The molecule has 0 saturated carbocycles. The van der Waals surface area contributed by atoms with Gasteiger partial charge in [0, 0.05) is 12.7 Å². The highest BCUT2D eigenvalue weighted by molar-refractivity contribution is 5.43.